The highest BCUT2D eigenvalue weighted by Gasteiger charge is 2.23. The second-order valence-electron chi connectivity index (χ2n) is 8.56. The van der Waals surface area contributed by atoms with Crippen LogP contribution in [0, 0.1) is 5.92 Å². The first-order valence-electron chi connectivity index (χ1n) is 11.8. The predicted octanol–water partition coefficient (Wildman–Crippen LogP) is 3.17. The summed E-state index contributed by atoms with van der Waals surface area (Å²) in [5, 5.41) is 3.00. The van der Waals surface area contributed by atoms with Crippen LogP contribution in [0.3, 0.4) is 0 Å². The van der Waals surface area contributed by atoms with Crippen LogP contribution in [0.5, 0.6) is 11.5 Å². The molecule has 0 spiro atoms. The van der Waals surface area contributed by atoms with E-state index in [-0.39, 0.29) is 5.91 Å². The number of carbonyl (C=O) groups excluding carboxylic acids is 1. The minimum Gasteiger partial charge on any atom is -0.494 e. The first kappa shape index (κ1) is 22.9. The third-order valence-electron chi connectivity index (χ3n) is 6.01. The highest BCUT2D eigenvalue weighted by molar-refractivity contribution is 5.78. The Bertz CT molecular complexity index is 615. The lowest BCUT2D eigenvalue weighted by Crippen LogP contribution is -2.45. The number of rotatable bonds is 10. The molecule has 3 rings (SSSR count). The van der Waals surface area contributed by atoms with Crippen LogP contribution in [-0.2, 0) is 4.79 Å². The molecule has 0 bridgehead atoms. The summed E-state index contributed by atoms with van der Waals surface area (Å²) in [6.45, 7) is 9.91. The van der Waals surface area contributed by atoms with E-state index < -0.39 is 0 Å². The lowest BCUT2D eigenvalue weighted by Gasteiger charge is -2.35. The SMILES string of the molecule is CCOc1ccc(OCCNC(=O)CN2CCCC(CN3CCCCCC3)C2)cc1. The van der Waals surface area contributed by atoms with Gasteiger partial charge in [0.1, 0.15) is 18.1 Å². The van der Waals surface area contributed by atoms with Crippen LogP contribution < -0.4 is 14.8 Å². The molecule has 2 fully saturated rings. The van der Waals surface area contributed by atoms with Gasteiger partial charge in [-0.3, -0.25) is 9.69 Å². The molecule has 1 amide bonds. The van der Waals surface area contributed by atoms with E-state index in [0.717, 1.165) is 24.6 Å². The number of amides is 1. The van der Waals surface area contributed by atoms with Crippen molar-refractivity contribution in [3.05, 3.63) is 24.3 Å². The molecule has 1 atom stereocenters. The van der Waals surface area contributed by atoms with Crippen molar-refractivity contribution in [2.24, 2.45) is 5.92 Å². The Balaban J connectivity index is 1.30. The van der Waals surface area contributed by atoms with Crippen molar-refractivity contribution in [2.45, 2.75) is 45.4 Å². The molecule has 2 aliphatic heterocycles. The maximum Gasteiger partial charge on any atom is 0.234 e. The zero-order chi connectivity index (χ0) is 21.0. The number of hydrogen-bond acceptors (Lipinski definition) is 5. The van der Waals surface area contributed by atoms with Crippen LogP contribution in [0.1, 0.15) is 45.4 Å². The first-order valence-corrected chi connectivity index (χ1v) is 11.8. The van der Waals surface area contributed by atoms with Crippen molar-refractivity contribution in [3.8, 4) is 11.5 Å². The second-order valence-corrected chi connectivity index (χ2v) is 8.56. The van der Waals surface area contributed by atoms with Crippen molar-refractivity contribution in [1.29, 1.82) is 0 Å². The average Bonchev–Trinajstić information content (AvgIpc) is 3.01. The van der Waals surface area contributed by atoms with E-state index in [0.29, 0.717) is 32.2 Å². The number of carbonyl (C=O) groups is 1. The highest BCUT2D eigenvalue weighted by atomic mass is 16.5. The van der Waals surface area contributed by atoms with Crippen molar-refractivity contribution >= 4 is 5.91 Å². The van der Waals surface area contributed by atoms with E-state index in [1.165, 1.54) is 58.2 Å². The molecule has 6 heteroatoms. The number of nitrogens with one attached hydrogen (secondary N) is 1. The van der Waals surface area contributed by atoms with E-state index in [1.807, 2.05) is 31.2 Å². The Morgan fingerprint density at radius 2 is 1.63 bits per heavy atom. The Morgan fingerprint density at radius 1 is 0.967 bits per heavy atom. The largest absolute Gasteiger partial charge is 0.494 e. The predicted molar refractivity (Wildman–Crippen MR) is 120 cm³/mol. The van der Waals surface area contributed by atoms with Gasteiger partial charge in [0.05, 0.1) is 19.7 Å². The van der Waals surface area contributed by atoms with E-state index in [1.54, 1.807) is 0 Å². The number of ether oxygens (including phenoxy) is 2. The molecule has 6 nitrogen and oxygen atoms in total. The molecular formula is C24H39N3O3. The molecule has 2 heterocycles. The summed E-state index contributed by atoms with van der Waals surface area (Å²) in [6.07, 6.45) is 7.96. The van der Waals surface area contributed by atoms with E-state index in [2.05, 4.69) is 15.1 Å². The Labute approximate surface area is 181 Å². The lowest BCUT2D eigenvalue weighted by molar-refractivity contribution is -0.122. The first-order chi connectivity index (χ1) is 14.7. The summed E-state index contributed by atoms with van der Waals surface area (Å²) in [5.74, 6) is 2.43. The van der Waals surface area contributed by atoms with E-state index >= 15 is 0 Å². The van der Waals surface area contributed by atoms with Gasteiger partial charge >= 0.3 is 0 Å². The fourth-order valence-electron chi connectivity index (χ4n) is 4.54. The maximum atomic E-state index is 12.3. The van der Waals surface area contributed by atoms with Gasteiger partial charge in [-0.25, -0.2) is 0 Å². The number of hydrogen-bond donors (Lipinski definition) is 1. The minimum atomic E-state index is 0.0979. The lowest BCUT2D eigenvalue weighted by atomic mass is 9.97. The maximum absolute atomic E-state index is 12.3. The smallest absolute Gasteiger partial charge is 0.234 e. The minimum absolute atomic E-state index is 0.0979. The third kappa shape index (κ3) is 8.15. The molecule has 2 saturated heterocycles. The number of likely N-dealkylation sites (tertiary alicyclic amines) is 2. The molecule has 168 valence electrons. The van der Waals surface area contributed by atoms with Crippen LogP contribution in [0.15, 0.2) is 24.3 Å². The van der Waals surface area contributed by atoms with Crippen LogP contribution in [0.4, 0.5) is 0 Å². The summed E-state index contributed by atoms with van der Waals surface area (Å²) in [4.78, 5) is 17.3. The van der Waals surface area contributed by atoms with Gasteiger partial charge in [0.25, 0.3) is 0 Å². The molecule has 1 aromatic rings. The van der Waals surface area contributed by atoms with E-state index in [4.69, 9.17) is 9.47 Å². The van der Waals surface area contributed by atoms with Crippen LogP contribution in [0.25, 0.3) is 0 Å². The van der Waals surface area contributed by atoms with Crippen molar-refractivity contribution in [2.75, 3.05) is 59.0 Å². The monoisotopic (exact) mass is 417 g/mol. The summed E-state index contributed by atoms with van der Waals surface area (Å²) < 4.78 is 11.1. The van der Waals surface area contributed by atoms with Crippen molar-refractivity contribution < 1.29 is 14.3 Å². The van der Waals surface area contributed by atoms with Crippen LogP contribution in [0.2, 0.25) is 0 Å². The molecular weight excluding hydrogens is 378 g/mol. The number of piperidine rings is 1. The molecule has 0 saturated carbocycles. The second kappa shape index (κ2) is 12.8. The third-order valence-corrected chi connectivity index (χ3v) is 6.01. The highest BCUT2D eigenvalue weighted by Crippen LogP contribution is 2.20. The average molecular weight is 418 g/mol. The van der Waals surface area contributed by atoms with E-state index in [9.17, 15) is 4.79 Å². The molecule has 0 radical (unpaired) electrons. The quantitative estimate of drug-likeness (QED) is 0.593. The molecule has 0 aliphatic carbocycles. The fourth-order valence-corrected chi connectivity index (χ4v) is 4.54. The standard InChI is InChI=1S/C24H39N3O3/c1-2-29-22-9-11-23(12-10-22)30-17-13-25-24(28)20-27-16-7-8-21(19-27)18-26-14-5-3-4-6-15-26/h9-12,21H,2-8,13-20H2,1H3,(H,25,28). The van der Waals surface area contributed by atoms with Gasteiger partial charge in [-0.05, 0) is 82.4 Å². The Hall–Kier alpha value is -1.79. The van der Waals surface area contributed by atoms with Crippen LogP contribution >= 0.6 is 0 Å². The van der Waals surface area contributed by atoms with Crippen molar-refractivity contribution in [3.63, 3.8) is 0 Å². The molecule has 1 aromatic carbocycles. The Kier molecular flexibility index (Phi) is 9.77. The van der Waals surface area contributed by atoms with Gasteiger partial charge < -0.3 is 19.7 Å². The molecule has 1 N–H and O–H groups in total. The number of benzene rings is 1. The van der Waals surface area contributed by atoms with Crippen LogP contribution in [-0.4, -0.2) is 74.7 Å². The number of nitrogens with zero attached hydrogens (tertiary/aromatic N) is 2. The van der Waals surface area contributed by atoms with Gasteiger partial charge in [-0.15, -0.1) is 0 Å². The molecule has 30 heavy (non-hydrogen) atoms. The Morgan fingerprint density at radius 3 is 2.33 bits per heavy atom. The van der Waals surface area contributed by atoms with Crippen molar-refractivity contribution in [1.82, 2.24) is 15.1 Å². The molecule has 0 aromatic heterocycles. The van der Waals surface area contributed by atoms with Gasteiger partial charge in [0.2, 0.25) is 5.91 Å². The normalized spacial score (nSPS) is 21.0. The molecule has 2 aliphatic rings. The summed E-state index contributed by atoms with van der Waals surface area (Å²) >= 11 is 0. The van der Waals surface area contributed by atoms with Gasteiger partial charge in [0, 0.05) is 13.1 Å². The van der Waals surface area contributed by atoms with Gasteiger partial charge in [-0.1, -0.05) is 12.8 Å². The molecule has 1 unspecified atom stereocenters. The summed E-state index contributed by atoms with van der Waals surface area (Å²) in [6, 6.07) is 7.58. The summed E-state index contributed by atoms with van der Waals surface area (Å²) in [7, 11) is 0. The van der Waals surface area contributed by atoms with Gasteiger partial charge in [0.15, 0.2) is 0 Å². The van der Waals surface area contributed by atoms with Gasteiger partial charge in [-0.2, -0.15) is 0 Å². The zero-order valence-electron chi connectivity index (χ0n) is 18.6. The fraction of sp³-hybridized carbons (Fsp3) is 0.708. The zero-order valence-corrected chi connectivity index (χ0v) is 18.6. The topological polar surface area (TPSA) is 54.0 Å². The summed E-state index contributed by atoms with van der Waals surface area (Å²) in [5.41, 5.74) is 0.